The van der Waals surface area contributed by atoms with Gasteiger partial charge in [0.1, 0.15) is 28.9 Å². The highest BCUT2D eigenvalue weighted by Crippen LogP contribution is 2.35. The fraction of sp³-hybridized carbons (Fsp3) is 0.167. The number of halogens is 5. The zero-order chi connectivity index (χ0) is 21.6. The van der Waals surface area contributed by atoms with Gasteiger partial charge in [0.25, 0.3) is 0 Å². The first kappa shape index (κ1) is 20.8. The van der Waals surface area contributed by atoms with Gasteiger partial charge in [-0.25, -0.2) is 22.0 Å². The lowest BCUT2D eigenvalue weighted by molar-refractivity contribution is -0.274. The Labute approximate surface area is 161 Å². The number of benzene rings is 2. The number of hydrogen-bond donors (Lipinski definition) is 0. The third-order valence-electron chi connectivity index (χ3n) is 3.95. The van der Waals surface area contributed by atoms with E-state index in [0.29, 0.717) is 6.26 Å². The molecule has 0 aromatic heterocycles. The van der Waals surface area contributed by atoms with Gasteiger partial charge in [0.05, 0.1) is 5.57 Å². The van der Waals surface area contributed by atoms with Crippen molar-refractivity contribution >= 4 is 27.0 Å². The predicted molar refractivity (Wildman–Crippen MR) is 90.4 cm³/mol. The number of alkyl halides is 3. The van der Waals surface area contributed by atoms with Crippen LogP contribution in [0.1, 0.15) is 11.1 Å². The predicted octanol–water partition coefficient (Wildman–Crippen LogP) is 3.73. The molecule has 0 fully saturated rings. The maximum atomic E-state index is 14.2. The summed E-state index contributed by atoms with van der Waals surface area (Å²) in [6, 6.07) is 5.73. The van der Waals surface area contributed by atoms with Crippen LogP contribution >= 0.6 is 0 Å². The standard InChI is InChI=1S/C18H11F5O5S/c1-29(25,26)16-13(19)6-10(7-14(16)20)12-8-27-17(24)15(12)9-2-4-11(5-3-9)28-18(21,22)23/h2-7H,8H2,1H3. The number of carbonyl (C=O) groups excluding carboxylic acids is 1. The number of rotatable bonds is 4. The summed E-state index contributed by atoms with van der Waals surface area (Å²) in [6.07, 6.45) is -4.25. The van der Waals surface area contributed by atoms with Crippen molar-refractivity contribution in [2.75, 3.05) is 12.9 Å². The molecule has 1 aliphatic heterocycles. The molecule has 3 rings (SSSR count). The lowest BCUT2D eigenvalue weighted by atomic mass is 9.96. The Morgan fingerprint density at radius 1 is 1.00 bits per heavy atom. The molecule has 5 nitrogen and oxygen atoms in total. The molecule has 0 amide bonds. The van der Waals surface area contributed by atoms with Gasteiger partial charge in [-0.05, 0) is 35.4 Å². The fourth-order valence-electron chi connectivity index (χ4n) is 2.84. The molecule has 0 unspecified atom stereocenters. The highest BCUT2D eigenvalue weighted by molar-refractivity contribution is 7.90. The molecular weight excluding hydrogens is 423 g/mol. The molecule has 0 radical (unpaired) electrons. The second-order valence-electron chi connectivity index (χ2n) is 6.04. The Balaban J connectivity index is 2.07. The molecule has 2 aromatic carbocycles. The minimum absolute atomic E-state index is 0.0531. The molecule has 0 saturated heterocycles. The van der Waals surface area contributed by atoms with Crippen LogP contribution < -0.4 is 4.74 Å². The molecule has 0 saturated carbocycles. The van der Waals surface area contributed by atoms with Gasteiger partial charge < -0.3 is 9.47 Å². The van der Waals surface area contributed by atoms with Crippen LogP contribution in [0.15, 0.2) is 41.3 Å². The first-order chi connectivity index (χ1) is 13.4. The summed E-state index contributed by atoms with van der Waals surface area (Å²) < 4.78 is 96.9. The summed E-state index contributed by atoms with van der Waals surface area (Å²) in [4.78, 5) is 11.0. The lowest BCUT2D eigenvalue weighted by Gasteiger charge is -2.10. The van der Waals surface area contributed by atoms with E-state index in [1.165, 1.54) is 0 Å². The number of ether oxygens (including phenoxy) is 2. The van der Waals surface area contributed by atoms with Gasteiger partial charge >= 0.3 is 12.3 Å². The number of esters is 1. The van der Waals surface area contributed by atoms with Crippen LogP contribution in [0.3, 0.4) is 0 Å². The van der Waals surface area contributed by atoms with Crippen LogP contribution in [0.2, 0.25) is 0 Å². The summed E-state index contributed by atoms with van der Waals surface area (Å²) in [5.41, 5.74) is -0.0688. The highest BCUT2D eigenvalue weighted by Gasteiger charge is 2.32. The van der Waals surface area contributed by atoms with Crippen molar-refractivity contribution in [1.82, 2.24) is 0 Å². The number of hydrogen-bond acceptors (Lipinski definition) is 5. The van der Waals surface area contributed by atoms with E-state index in [1.807, 2.05) is 0 Å². The quantitative estimate of drug-likeness (QED) is 0.542. The van der Waals surface area contributed by atoms with Gasteiger partial charge in [-0.2, -0.15) is 0 Å². The molecule has 0 spiro atoms. The van der Waals surface area contributed by atoms with E-state index in [9.17, 15) is 35.2 Å². The highest BCUT2D eigenvalue weighted by atomic mass is 32.2. The van der Waals surface area contributed by atoms with E-state index in [2.05, 4.69) is 4.74 Å². The van der Waals surface area contributed by atoms with E-state index in [4.69, 9.17) is 4.74 Å². The van der Waals surface area contributed by atoms with Crippen molar-refractivity contribution in [3.8, 4) is 5.75 Å². The zero-order valence-corrected chi connectivity index (χ0v) is 15.3. The van der Waals surface area contributed by atoms with Crippen LogP contribution in [-0.4, -0.2) is 33.6 Å². The van der Waals surface area contributed by atoms with Gasteiger partial charge in [0.15, 0.2) is 9.84 Å². The molecule has 1 heterocycles. The number of cyclic esters (lactones) is 1. The monoisotopic (exact) mass is 434 g/mol. The second-order valence-corrected chi connectivity index (χ2v) is 8.00. The van der Waals surface area contributed by atoms with Crippen molar-refractivity contribution in [2.24, 2.45) is 0 Å². The third kappa shape index (κ3) is 4.39. The Kier molecular flexibility index (Phi) is 5.11. The molecule has 11 heteroatoms. The minimum atomic E-state index is -4.89. The van der Waals surface area contributed by atoms with E-state index in [-0.39, 0.29) is 28.9 Å². The van der Waals surface area contributed by atoms with Crippen molar-refractivity contribution < 1.29 is 44.6 Å². The molecule has 29 heavy (non-hydrogen) atoms. The summed E-state index contributed by atoms with van der Waals surface area (Å²) in [7, 11) is -4.17. The summed E-state index contributed by atoms with van der Waals surface area (Å²) >= 11 is 0. The maximum Gasteiger partial charge on any atom is 0.573 e. The smallest absolute Gasteiger partial charge is 0.457 e. The topological polar surface area (TPSA) is 69.7 Å². The molecule has 1 aliphatic rings. The summed E-state index contributed by atoms with van der Waals surface area (Å²) in [6.45, 7) is -0.355. The van der Waals surface area contributed by atoms with Crippen LogP contribution in [0.4, 0.5) is 22.0 Å². The fourth-order valence-corrected chi connectivity index (χ4v) is 3.66. The molecule has 0 aliphatic carbocycles. The molecule has 2 aromatic rings. The Morgan fingerprint density at radius 2 is 1.55 bits per heavy atom. The Hall–Kier alpha value is -2.95. The Bertz CT molecular complexity index is 1100. The van der Waals surface area contributed by atoms with Crippen LogP contribution in [0.5, 0.6) is 5.75 Å². The lowest BCUT2D eigenvalue weighted by Crippen LogP contribution is -2.17. The molecule has 154 valence electrons. The van der Waals surface area contributed by atoms with E-state index >= 15 is 0 Å². The van der Waals surface area contributed by atoms with Crippen LogP contribution in [-0.2, 0) is 19.4 Å². The average molecular weight is 434 g/mol. The van der Waals surface area contributed by atoms with Gasteiger partial charge in [0.2, 0.25) is 0 Å². The number of carbonyl (C=O) groups is 1. The minimum Gasteiger partial charge on any atom is -0.457 e. The van der Waals surface area contributed by atoms with Crippen molar-refractivity contribution in [3.63, 3.8) is 0 Å². The second kappa shape index (κ2) is 7.14. The zero-order valence-electron chi connectivity index (χ0n) is 14.5. The van der Waals surface area contributed by atoms with Gasteiger partial charge in [-0.15, -0.1) is 13.2 Å². The first-order valence-electron chi connectivity index (χ1n) is 7.83. The SMILES string of the molecule is CS(=O)(=O)c1c(F)cc(C2=C(c3ccc(OC(F)(F)F)cc3)C(=O)OC2)cc1F. The first-order valence-corrected chi connectivity index (χ1v) is 9.72. The Morgan fingerprint density at radius 3 is 2.03 bits per heavy atom. The van der Waals surface area contributed by atoms with E-state index in [1.54, 1.807) is 0 Å². The van der Waals surface area contributed by atoms with Gasteiger partial charge in [0, 0.05) is 11.8 Å². The van der Waals surface area contributed by atoms with Gasteiger partial charge in [-0.1, -0.05) is 12.1 Å². The largest absolute Gasteiger partial charge is 0.573 e. The van der Waals surface area contributed by atoms with Crippen molar-refractivity contribution in [2.45, 2.75) is 11.3 Å². The van der Waals surface area contributed by atoms with Crippen LogP contribution in [0, 0.1) is 11.6 Å². The molecule has 0 bridgehead atoms. The van der Waals surface area contributed by atoms with Crippen LogP contribution in [0.25, 0.3) is 11.1 Å². The van der Waals surface area contributed by atoms with Gasteiger partial charge in [-0.3, -0.25) is 0 Å². The molecule has 0 N–H and O–H groups in total. The average Bonchev–Trinajstić information content (AvgIpc) is 2.94. The summed E-state index contributed by atoms with van der Waals surface area (Å²) in [5, 5.41) is 0. The van der Waals surface area contributed by atoms with E-state index in [0.717, 1.165) is 36.4 Å². The van der Waals surface area contributed by atoms with Crippen molar-refractivity contribution in [1.29, 1.82) is 0 Å². The normalized spacial score (nSPS) is 14.9. The number of sulfone groups is 1. The van der Waals surface area contributed by atoms with E-state index < -0.39 is 44.4 Å². The maximum absolute atomic E-state index is 14.2. The summed E-state index contributed by atoms with van der Waals surface area (Å²) in [5.74, 6) is -4.06. The molecular formula is C18H11F5O5S. The molecule has 0 atom stereocenters. The van der Waals surface area contributed by atoms with Crippen molar-refractivity contribution in [3.05, 3.63) is 59.2 Å². The third-order valence-corrected chi connectivity index (χ3v) is 5.08.